The topological polar surface area (TPSA) is 156 Å². The van der Waals surface area contributed by atoms with Gasteiger partial charge in [-0.25, -0.2) is 14.6 Å². The van der Waals surface area contributed by atoms with Crippen molar-refractivity contribution in [2.24, 2.45) is 0 Å². The first-order chi connectivity index (χ1) is 22.4. The zero-order valence-corrected chi connectivity index (χ0v) is 27.6. The maximum absolute atomic E-state index is 13.5. The lowest BCUT2D eigenvalue weighted by molar-refractivity contribution is -0.228. The Kier molecular flexibility index (Phi) is 7.91. The first kappa shape index (κ1) is 31.9. The molecule has 1 unspecified atom stereocenters. The summed E-state index contributed by atoms with van der Waals surface area (Å²) in [6.45, 7) is 13.9. The average Bonchev–Trinajstić information content (AvgIpc) is 3.72. The molecule has 0 amide bonds. The van der Waals surface area contributed by atoms with Gasteiger partial charge in [0, 0.05) is 51.6 Å². The maximum atomic E-state index is 13.5. The molecule has 0 spiro atoms. The minimum atomic E-state index is -2.84. The Hall–Kier alpha value is -5.03. The van der Waals surface area contributed by atoms with Gasteiger partial charge in [0.2, 0.25) is 0 Å². The van der Waals surface area contributed by atoms with E-state index in [1.807, 2.05) is 32.1 Å². The number of methoxy groups -OCH3 is 2. The Morgan fingerprint density at radius 3 is 2.40 bits per heavy atom. The van der Waals surface area contributed by atoms with Gasteiger partial charge in [-0.1, -0.05) is 26.5 Å². The lowest BCUT2D eigenvalue weighted by Gasteiger charge is -2.32. The number of rotatable bonds is 6. The number of carbonyl (C=O) groups is 3. The predicted molar refractivity (Wildman–Crippen MR) is 177 cm³/mol. The van der Waals surface area contributed by atoms with Crippen molar-refractivity contribution in [3.05, 3.63) is 75.4 Å². The molecule has 0 aliphatic carbocycles. The van der Waals surface area contributed by atoms with E-state index in [1.54, 1.807) is 6.92 Å². The normalized spacial score (nSPS) is 20.2. The molecule has 11 heteroatoms. The molecule has 244 valence electrons. The molecule has 0 fully saturated rings. The van der Waals surface area contributed by atoms with Crippen molar-refractivity contribution < 1.29 is 33.7 Å². The van der Waals surface area contributed by atoms with Crippen molar-refractivity contribution in [3.8, 4) is 0 Å². The fourth-order valence-corrected chi connectivity index (χ4v) is 7.05. The molecule has 47 heavy (non-hydrogen) atoms. The third-order valence-electron chi connectivity index (χ3n) is 9.76. The van der Waals surface area contributed by atoms with Crippen molar-refractivity contribution in [2.45, 2.75) is 71.5 Å². The minimum Gasteiger partial charge on any atom is -0.469 e. The van der Waals surface area contributed by atoms with Crippen LogP contribution in [0.2, 0.25) is 0 Å². The van der Waals surface area contributed by atoms with Gasteiger partial charge in [-0.3, -0.25) is 9.78 Å². The quantitative estimate of drug-likeness (QED) is 0.225. The van der Waals surface area contributed by atoms with Gasteiger partial charge < -0.3 is 29.3 Å². The zero-order valence-electron chi connectivity index (χ0n) is 27.6. The van der Waals surface area contributed by atoms with Crippen molar-refractivity contribution in [3.63, 3.8) is 0 Å². The standard InChI is InChI=1S/C36H38N4O7/c1-9-20-16(3)23-13-25-18(5)22(11-12-29(41)45-7)32(39-25)31-33-30(34(42)47-36(31,44)35(43)46-8)19(6)26(40-33)15-28-21(10-2)17(4)24(38-28)14-27(20)37-23/h9,13-15,18,22,37-38,44H,1,10-12H2,2-8H3/t18-,22-,36?/m0/s1. The number of ether oxygens (including phenoxy) is 3. The Bertz CT molecular complexity index is 2090. The number of nitrogens with one attached hydrogen (secondary N) is 2. The van der Waals surface area contributed by atoms with Crippen LogP contribution in [0.1, 0.15) is 96.0 Å². The van der Waals surface area contributed by atoms with Crippen molar-refractivity contribution >= 4 is 57.2 Å². The third kappa shape index (κ3) is 4.88. The molecule has 0 saturated heterocycles. The molecule has 3 aromatic heterocycles. The van der Waals surface area contributed by atoms with Crippen LogP contribution in [-0.4, -0.2) is 57.2 Å². The second-order valence-corrected chi connectivity index (χ2v) is 12.2. The smallest absolute Gasteiger partial charge is 0.384 e. The van der Waals surface area contributed by atoms with Crippen molar-refractivity contribution in [1.82, 2.24) is 19.9 Å². The van der Waals surface area contributed by atoms with E-state index < -0.39 is 29.6 Å². The number of nitrogens with zero attached hydrogens (tertiary/aromatic N) is 2. The molecule has 3 N–H and O–H groups in total. The number of esters is 3. The molecule has 8 bridgehead atoms. The summed E-state index contributed by atoms with van der Waals surface area (Å²) in [6.07, 6.45) is 2.87. The summed E-state index contributed by atoms with van der Waals surface area (Å²) in [6, 6.07) is 5.85. The number of H-pyrrole nitrogens is 2. The Labute approximate surface area is 271 Å². The number of carbonyl (C=O) groups excluding carboxylic acids is 3. The molecular formula is C36H38N4O7. The summed E-state index contributed by atoms with van der Waals surface area (Å²) in [5.74, 6) is -6.13. The Morgan fingerprint density at radius 1 is 1.04 bits per heavy atom. The van der Waals surface area contributed by atoms with E-state index in [9.17, 15) is 19.5 Å². The number of aliphatic hydroxyl groups is 1. The van der Waals surface area contributed by atoms with E-state index >= 15 is 0 Å². The highest BCUT2D eigenvalue weighted by molar-refractivity contribution is 6.27. The SMILES string of the molecule is C=Cc1c(C)c2cc3nc(c4c5nc(cc6[nH]c(cc1[nH]2)c(C)c6CC)C(C)=C5C(=O)OC4(O)C(=O)OC)[C@@H](CCC(=O)OC)[C@@H]3C. The summed E-state index contributed by atoms with van der Waals surface area (Å²) in [4.78, 5) is 56.2. The van der Waals surface area contributed by atoms with Crippen LogP contribution in [0.15, 0.2) is 24.8 Å². The van der Waals surface area contributed by atoms with Crippen LogP contribution >= 0.6 is 0 Å². The van der Waals surface area contributed by atoms with Crippen LogP contribution in [0.25, 0.3) is 39.3 Å². The van der Waals surface area contributed by atoms with Crippen LogP contribution in [-0.2, 0) is 40.8 Å². The van der Waals surface area contributed by atoms with Gasteiger partial charge in [0.15, 0.2) is 0 Å². The Balaban J connectivity index is 1.84. The first-order valence-electron chi connectivity index (χ1n) is 15.6. The minimum absolute atomic E-state index is 0.0518. The number of aromatic nitrogens is 4. The van der Waals surface area contributed by atoms with Crippen LogP contribution in [0, 0.1) is 13.8 Å². The van der Waals surface area contributed by atoms with Gasteiger partial charge in [0.1, 0.15) is 0 Å². The average molecular weight is 639 g/mol. The highest BCUT2D eigenvalue weighted by atomic mass is 16.7. The Morgan fingerprint density at radius 2 is 1.74 bits per heavy atom. The fraction of sp³-hybridized carbons (Fsp3) is 0.361. The lowest BCUT2D eigenvalue weighted by Crippen LogP contribution is -2.46. The molecule has 3 aromatic rings. The van der Waals surface area contributed by atoms with Gasteiger partial charge in [0.05, 0.1) is 42.4 Å². The number of allylic oxidation sites excluding steroid dienone is 1. The molecule has 3 atom stereocenters. The monoisotopic (exact) mass is 638 g/mol. The fourth-order valence-electron chi connectivity index (χ4n) is 7.05. The molecule has 3 aliphatic heterocycles. The number of aromatic amines is 2. The van der Waals surface area contributed by atoms with E-state index in [-0.39, 0.29) is 41.3 Å². The van der Waals surface area contributed by atoms with Crippen LogP contribution in [0.3, 0.4) is 0 Å². The largest absolute Gasteiger partial charge is 0.469 e. The van der Waals surface area contributed by atoms with Gasteiger partial charge in [-0.05, 0) is 74.1 Å². The highest BCUT2D eigenvalue weighted by Gasteiger charge is 2.55. The number of hydrogen-bond acceptors (Lipinski definition) is 9. The first-order valence-corrected chi connectivity index (χ1v) is 15.6. The lowest BCUT2D eigenvalue weighted by atomic mass is 9.82. The van der Waals surface area contributed by atoms with E-state index in [2.05, 4.69) is 36.5 Å². The number of cyclic esters (lactones) is 1. The second kappa shape index (κ2) is 11.6. The second-order valence-electron chi connectivity index (χ2n) is 12.2. The molecule has 11 nitrogen and oxygen atoms in total. The van der Waals surface area contributed by atoms with Crippen molar-refractivity contribution in [1.29, 1.82) is 0 Å². The van der Waals surface area contributed by atoms with Crippen molar-refractivity contribution in [2.75, 3.05) is 14.2 Å². The molecule has 0 radical (unpaired) electrons. The number of hydrogen-bond donors (Lipinski definition) is 3. The van der Waals surface area contributed by atoms with Crippen LogP contribution < -0.4 is 0 Å². The van der Waals surface area contributed by atoms with Gasteiger partial charge in [0.25, 0.3) is 0 Å². The molecule has 0 aromatic carbocycles. The molecule has 6 heterocycles. The number of aryl methyl sites for hydroxylation is 3. The zero-order chi connectivity index (χ0) is 33.9. The maximum Gasteiger partial charge on any atom is 0.384 e. The summed E-state index contributed by atoms with van der Waals surface area (Å²) < 4.78 is 15.5. The summed E-state index contributed by atoms with van der Waals surface area (Å²) in [5, 5.41) is 12.0. The van der Waals surface area contributed by atoms with E-state index in [4.69, 9.17) is 24.2 Å². The van der Waals surface area contributed by atoms with E-state index in [1.165, 1.54) is 7.11 Å². The van der Waals surface area contributed by atoms with Gasteiger partial charge >= 0.3 is 23.7 Å². The molecule has 0 saturated carbocycles. The van der Waals surface area contributed by atoms with E-state index in [0.29, 0.717) is 17.0 Å². The summed E-state index contributed by atoms with van der Waals surface area (Å²) in [7, 11) is 2.41. The van der Waals surface area contributed by atoms with Crippen LogP contribution in [0.4, 0.5) is 0 Å². The van der Waals surface area contributed by atoms with Crippen LogP contribution in [0.5, 0.6) is 0 Å². The highest BCUT2D eigenvalue weighted by Crippen LogP contribution is 2.49. The molecule has 6 rings (SSSR count). The van der Waals surface area contributed by atoms with E-state index in [0.717, 1.165) is 57.9 Å². The predicted octanol–water partition coefficient (Wildman–Crippen LogP) is 5.78. The third-order valence-corrected chi connectivity index (χ3v) is 9.76. The summed E-state index contributed by atoms with van der Waals surface area (Å²) in [5.41, 5.74) is 9.44. The molecular weight excluding hydrogens is 600 g/mol. The number of fused-ring (bicyclic) bond motifs is 8. The summed E-state index contributed by atoms with van der Waals surface area (Å²) >= 11 is 0. The van der Waals surface area contributed by atoms with Gasteiger partial charge in [-0.2, -0.15) is 0 Å². The van der Waals surface area contributed by atoms with Gasteiger partial charge in [-0.15, -0.1) is 0 Å². The molecule has 3 aliphatic rings.